The maximum Gasteiger partial charge on any atom is 0.422 e. The average molecular weight is 767 g/mol. The van der Waals surface area contributed by atoms with Gasteiger partial charge in [0.25, 0.3) is 5.91 Å². The molecule has 5 N–H and O–H groups in total. The summed E-state index contributed by atoms with van der Waals surface area (Å²) in [4.78, 5) is 50.3. The van der Waals surface area contributed by atoms with Crippen molar-refractivity contribution in [2.45, 2.75) is 38.4 Å². The Morgan fingerprint density at radius 2 is 1.53 bits per heavy atom. The van der Waals surface area contributed by atoms with Gasteiger partial charge < -0.3 is 31.3 Å². The summed E-state index contributed by atoms with van der Waals surface area (Å²) < 4.78 is 44.7. The zero-order chi connectivity index (χ0) is 37.8. The first-order valence-corrected chi connectivity index (χ1v) is 17.6. The SMILES string of the molecule is CC(C)(CNC(=O)C(=O)Nc1ccc2sccc2c1)CNC(=O)c1ccc(Nc2nc(NC3(c4ccc(Cl)cc4)CC3)nc(OCC(F)(F)F)n2)cc1. The first-order valence-electron chi connectivity index (χ1n) is 16.4. The minimum absolute atomic E-state index is 0.0125. The van der Waals surface area contributed by atoms with Crippen molar-refractivity contribution in [3.63, 3.8) is 0 Å². The van der Waals surface area contributed by atoms with E-state index in [0.717, 1.165) is 28.5 Å². The number of nitrogens with one attached hydrogen (secondary N) is 5. The predicted octanol–water partition coefficient (Wildman–Crippen LogP) is 7.04. The van der Waals surface area contributed by atoms with Gasteiger partial charge in [0.05, 0.1) is 5.54 Å². The van der Waals surface area contributed by atoms with E-state index in [2.05, 4.69) is 41.5 Å². The molecule has 1 fully saturated rings. The molecule has 0 aliphatic heterocycles. The second kappa shape index (κ2) is 15.2. The van der Waals surface area contributed by atoms with Crippen LogP contribution in [0.1, 0.15) is 42.6 Å². The van der Waals surface area contributed by atoms with Gasteiger partial charge in [-0.25, -0.2) is 0 Å². The maximum absolute atomic E-state index is 13.0. The van der Waals surface area contributed by atoms with Crippen molar-refractivity contribution in [2.75, 3.05) is 35.6 Å². The molecule has 2 aromatic heterocycles. The van der Waals surface area contributed by atoms with Crippen LogP contribution < -0.4 is 31.3 Å². The van der Waals surface area contributed by atoms with Gasteiger partial charge in [-0.05, 0) is 95.3 Å². The smallest absolute Gasteiger partial charge is 0.422 e. The average Bonchev–Trinajstić information content (AvgIpc) is 3.74. The van der Waals surface area contributed by atoms with Crippen LogP contribution in [0.15, 0.2) is 78.2 Å². The lowest BCUT2D eigenvalue weighted by atomic mass is 9.93. The summed E-state index contributed by atoms with van der Waals surface area (Å²) in [5.41, 5.74) is 1.07. The van der Waals surface area contributed by atoms with Gasteiger partial charge in [-0.3, -0.25) is 14.4 Å². The zero-order valence-electron chi connectivity index (χ0n) is 28.4. The number of amides is 3. The molecule has 0 saturated heterocycles. The van der Waals surface area contributed by atoms with Crippen molar-refractivity contribution in [1.82, 2.24) is 25.6 Å². The van der Waals surface area contributed by atoms with E-state index in [1.807, 2.05) is 43.5 Å². The fraction of sp³-hybridized carbons (Fsp3) is 0.278. The molecule has 0 atom stereocenters. The second-order valence-electron chi connectivity index (χ2n) is 13.2. The molecule has 1 saturated carbocycles. The van der Waals surface area contributed by atoms with E-state index in [-0.39, 0.29) is 30.9 Å². The molecule has 0 bridgehead atoms. The lowest BCUT2D eigenvalue weighted by Gasteiger charge is -2.25. The summed E-state index contributed by atoms with van der Waals surface area (Å²) in [6.07, 6.45) is -3.13. The molecule has 276 valence electrons. The monoisotopic (exact) mass is 766 g/mol. The van der Waals surface area contributed by atoms with Gasteiger partial charge in [-0.2, -0.15) is 28.1 Å². The molecule has 0 unspecified atom stereocenters. The lowest BCUT2D eigenvalue weighted by molar-refractivity contribution is -0.154. The molecular weight excluding hydrogens is 733 g/mol. The standard InChI is InChI=1S/C36H34ClF3N8O4S/c1-34(2,19-42-29(50)30(51)43-26-11-12-27-22(17-26)13-16-53-27)18-41-28(49)21-3-9-25(10-4-21)44-31-45-32(47-33(46-31)52-20-36(38,39)40)48-35(14-15-35)23-5-7-24(37)8-6-23/h3-13,16-17H,14-15,18-20H2,1-2H3,(H,41,49)(H,42,50)(H,43,51)(H2,44,45,46,47,48). The fourth-order valence-electron chi connectivity index (χ4n) is 5.22. The van der Waals surface area contributed by atoms with Gasteiger partial charge in [0.15, 0.2) is 6.61 Å². The van der Waals surface area contributed by atoms with Gasteiger partial charge in [0, 0.05) is 39.8 Å². The molecule has 1 aliphatic rings. The number of hydrogen-bond acceptors (Lipinski definition) is 10. The number of ether oxygens (including phenoxy) is 1. The number of benzene rings is 3. The molecule has 1 aliphatic carbocycles. The van der Waals surface area contributed by atoms with Crippen molar-refractivity contribution in [3.8, 4) is 6.01 Å². The minimum atomic E-state index is -4.61. The molecule has 2 heterocycles. The highest BCUT2D eigenvalue weighted by Crippen LogP contribution is 2.48. The van der Waals surface area contributed by atoms with Crippen LogP contribution >= 0.6 is 22.9 Å². The van der Waals surface area contributed by atoms with E-state index in [4.69, 9.17) is 16.3 Å². The number of hydrogen-bond donors (Lipinski definition) is 5. The van der Waals surface area contributed by atoms with Crippen LogP contribution in [-0.2, 0) is 15.1 Å². The number of thiophene rings is 1. The molecule has 0 radical (unpaired) electrons. The van der Waals surface area contributed by atoms with Crippen molar-refractivity contribution < 1.29 is 32.3 Å². The Hall–Kier alpha value is -5.48. The molecule has 5 aromatic rings. The van der Waals surface area contributed by atoms with Crippen LogP contribution in [0.25, 0.3) is 10.1 Å². The summed E-state index contributed by atoms with van der Waals surface area (Å²) in [6.45, 7) is 2.36. The van der Waals surface area contributed by atoms with Gasteiger partial charge >= 0.3 is 24.0 Å². The van der Waals surface area contributed by atoms with E-state index < -0.39 is 41.6 Å². The number of anilines is 4. The molecule has 12 nitrogen and oxygen atoms in total. The Morgan fingerprint density at radius 1 is 0.849 bits per heavy atom. The third-order valence-electron chi connectivity index (χ3n) is 8.25. The third kappa shape index (κ3) is 10.1. The van der Waals surface area contributed by atoms with Crippen LogP contribution in [0.2, 0.25) is 5.02 Å². The first-order chi connectivity index (χ1) is 25.2. The molecule has 17 heteroatoms. The first kappa shape index (κ1) is 37.3. The van der Waals surface area contributed by atoms with E-state index in [9.17, 15) is 27.6 Å². The number of alkyl halides is 3. The van der Waals surface area contributed by atoms with Crippen LogP contribution in [-0.4, -0.2) is 58.5 Å². The normalized spacial score (nSPS) is 13.5. The highest BCUT2D eigenvalue weighted by molar-refractivity contribution is 7.17. The number of halogens is 4. The van der Waals surface area contributed by atoms with Crippen molar-refractivity contribution in [3.05, 3.63) is 94.3 Å². The van der Waals surface area contributed by atoms with E-state index in [1.54, 1.807) is 59.9 Å². The van der Waals surface area contributed by atoms with Gasteiger partial charge in [0.2, 0.25) is 11.9 Å². The summed E-state index contributed by atoms with van der Waals surface area (Å²) in [7, 11) is 0. The topological polar surface area (TPSA) is 159 Å². The summed E-state index contributed by atoms with van der Waals surface area (Å²) >= 11 is 7.61. The minimum Gasteiger partial charge on any atom is -0.454 e. The highest BCUT2D eigenvalue weighted by atomic mass is 35.5. The number of carbonyl (C=O) groups is 3. The Bertz CT molecular complexity index is 2120. The molecule has 53 heavy (non-hydrogen) atoms. The largest absolute Gasteiger partial charge is 0.454 e. The molecule has 3 aromatic carbocycles. The van der Waals surface area contributed by atoms with Crippen molar-refractivity contribution in [2.24, 2.45) is 5.41 Å². The molecule has 6 rings (SSSR count). The number of carbonyl (C=O) groups excluding carboxylic acids is 3. The number of aromatic nitrogens is 3. The Balaban J connectivity index is 1.03. The summed E-state index contributed by atoms with van der Waals surface area (Å²) in [5, 5.41) is 17.7. The van der Waals surface area contributed by atoms with Gasteiger partial charge in [-0.15, -0.1) is 11.3 Å². The third-order valence-corrected chi connectivity index (χ3v) is 9.40. The number of rotatable bonds is 13. The summed E-state index contributed by atoms with van der Waals surface area (Å²) in [6, 6.07) is 20.3. The Kier molecular flexibility index (Phi) is 10.7. The van der Waals surface area contributed by atoms with Crippen LogP contribution in [0.3, 0.4) is 0 Å². The van der Waals surface area contributed by atoms with E-state index in [0.29, 0.717) is 22.0 Å². The van der Waals surface area contributed by atoms with Crippen LogP contribution in [0.4, 0.5) is 36.4 Å². The quantitative estimate of drug-likeness (QED) is 0.0793. The summed E-state index contributed by atoms with van der Waals surface area (Å²) in [5.74, 6) is -2.05. The van der Waals surface area contributed by atoms with Gasteiger partial charge in [0.1, 0.15) is 0 Å². The lowest BCUT2D eigenvalue weighted by Crippen LogP contribution is -2.44. The van der Waals surface area contributed by atoms with Crippen LogP contribution in [0, 0.1) is 5.41 Å². The van der Waals surface area contributed by atoms with E-state index >= 15 is 0 Å². The molecular formula is C36H34ClF3N8O4S. The number of nitrogens with zero attached hydrogens (tertiary/aromatic N) is 3. The molecule has 0 spiro atoms. The van der Waals surface area contributed by atoms with Crippen LogP contribution in [0.5, 0.6) is 6.01 Å². The Morgan fingerprint density at radius 3 is 2.23 bits per heavy atom. The zero-order valence-corrected chi connectivity index (χ0v) is 30.0. The maximum atomic E-state index is 13.0. The fourth-order valence-corrected chi connectivity index (χ4v) is 6.12. The molecule has 3 amide bonds. The van der Waals surface area contributed by atoms with Crippen molar-refractivity contribution in [1.29, 1.82) is 0 Å². The highest BCUT2D eigenvalue weighted by Gasteiger charge is 2.45. The van der Waals surface area contributed by atoms with E-state index in [1.165, 1.54) is 0 Å². The predicted molar refractivity (Wildman–Crippen MR) is 197 cm³/mol. The number of fused-ring (bicyclic) bond motifs is 1. The second-order valence-corrected chi connectivity index (χ2v) is 14.6. The van der Waals surface area contributed by atoms with Crippen molar-refractivity contribution >= 4 is 74.0 Å². The Labute approximate surface area is 310 Å². The van der Waals surface area contributed by atoms with Gasteiger partial charge in [-0.1, -0.05) is 37.6 Å².